The van der Waals surface area contributed by atoms with Crippen LogP contribution in [0.1, 0.15) is 31.7 Å². The molecule has 0 radical (unpaired) electrons. The van der Waals surface area contributed by atoms with E-state index < -0.39 is 11.9 Å². The molecule has 26 heavy (non-hydrogen) atoms. The van der Waals surface area contributed by atoms with Crippen molar-refractivity contribution in [1.29, 1.82) is 0 Å². The van der Waals surface area contributed by atoms with E-state index in [2.05, 4.69) is 0 Å². The Morgan fingerprint density at radius 3 is 2.65 bits per heavy atom. The van der Waals surface area contributed by atoms with E-state index in [0.29, 0.717) is 18.4 Å². The number of ether oxygens (including phenoxy) is 1. The molecular weight excluding hydrogens is 337 g/mol. The molecule has 1 N–H and O–H groups in total. The maximum atomic E-state index is 13.2. The molecule has 1 aromatic carbocycles. The zero-order valence-electron chi connectivity index (χ0n) is 14.7. The van der Waals surface area contributed by atoms with Crippen LogP contribution in [0.5, 0.6) is 0 Å². The van der Waals surface area contributed by atoms with Gasteiger partial charge in [0, 0.05) is 18.5 Å². The third kappa shape index (κ3) is 2.59. The van der Waals surface area contributed by atoms with E-state index in [-0.39, 0.29) is 35.7 Å². The van der Waals surface area contributed by atoms with Crippen LogP contribution in [0, 0.1) is 23.6 Å². The first-order valence-corrected chi connectivity index (χ1v) is 9.17. The molecule has 1 aromatic rings. The maximum Gasteiger partial charge on any atom is 0.347 e. The molecule has 4 rings (SSSR count). The number of hydrogen-bond donors (Lipinski definition) is 1. The predicted molar refractivity (Wildman–Crippen MR) is 91.3 cm³/mol. The third-order valence-corrected chi connectivity index (χ3v) is 6.02. The van der Waals surface area contributed by atoms with Crippen molar-refractivity contribution in [1.82, 2.24) is 4.90 Å². The van der Waals surface area contributed by atoms with Gasteiger partial charge in [-0.3, -0.25) is 4.79 Å². The minimum Gasteiger partial charge on any atom is -0.511 e. The Morgan fingerprint density at radius 1 is 1.27 bits per heavy atom. The first kappa shape index (κ1) is 17.1. The fraction of sp³-hybridized carbons (Fsp3) is 0.500. The van der Waals surface area contributed by atoms with E-state index in [0.717, 1.165) is 24.8 Å². The molecule has 3 aliphatic rings. The van der Waals surface area contributed by atoms with Crippen molar-refractivity contribution in [3.63, 3.8) is 0 Å². The van der Waals surface area contributed by atoms with Crippen LogP contribution < -0.4 is 0 Å². The summed E-state index contributed by atoms with van der Waals surface area (Å²) >= 11 is 0. The van der Waals surface area contributed by atoms with Crippen LogP contribution in [0.3, 0.4) is 0 Å². The number of carbonyl (C=O) groups excluding carboxylic acids is 2. The van der Waals surface area contributed by atoms with Crippen LogP contribution in [-0.4, -0.2) is 34.5 Å². The highest BCUT2D eigenvalue weighted by Crippen LogP contribution is 2.55. The van der Waals surface area contributed by atoms with Crippen molar-refractivity contribution in [2.24, 2.45) is 17.8 Å². The largest absolute Gasteiger partial charge is 0.511 e. The second-order valence-corrected chi connectivity index (χ2v) is 7.39. The van der Waals surface area contributed by atoms with Gasteiger partial charge in [-0.25, -0.2) is 9.18 Å². The third-order valence-electron chi connectivity index (χ3n) is 6.02. The lowest BCUT2D eigenvalue weighted by Crippen LogP contribution is -2.53. The second-order valence-electron chi connectivity index (χ2n) is 7.39. The van der Waals surface area contributed by atoms with Gasteiger partial charge in [0.1, 0.15) is 11.6 Å². The Hall–Kier alpha value is -2.37. The van der Waals surface area contributed by atoms with Crippen LogP contribution in [0.15, 0.2) is 35.6 Å². The lowest BCUT2D eigenvalue weighted by atomic mass is 9.78. The lowest BCUT2D eigenvalue weighted by Gasteiger charge is -2.43. The number of fused-ring (bicyclic) bond motifs is 5. The average molecular weight is 359 g/mol. The first-order chi connectivity index (χ1) is 12.5. The van der Waals surface area contributed by atoms with E-state index in [4.69, 9.17) is 4.74 Å². The topological polar surface area (TPSA) is 66.8 Å². The molecule has 0 spiro atoms. The van der Waals surface area contributed by atoms with Crippen molar-refractivity contribution in [2.45, 2.75) is 38.8 Å². The monoisotopic (exact) mass is 359 g/mol. The molecule has 2 aliphatic carbocycles. The summed E-state index contributed by atoms with van der Waals surface area (Å²) in [4.78, 5) is 27.1. The van der Waals surface area contributed by atoms with Crippen LogP contribution in [0.4, 0.5) is 4.39 Å². The summed E-state index contributed by atoms with van der Waals surface area (Å²) < 4.78 is 18.2. The highest BCUT2D eigenvalue weighted by molar-refractivity contribution is 6.17. The zero-order valence-corrected chi connectivity index (χ0v) is 14.7. The molecule has 4 atom stereocenters. The molecule has 1 heterocycles. The van der Waals surface area contributed by atoms with Gasteiger partial charge in [-0.15, -0.1) is 0 Å². The SMILES string of the molecule is CCOC(=O)C1=C(O)C2[C@H]3CC[C@H](C3)[C@@H]2N(Cc2ccc(F)cc2)C1=O. The Labute approximate surface area is 151 Å². The van der Waals surface area contributed by atoms with Gasteiger partial charge in [0.05, 0.1) is 6.61 Å². The molecule has 1 aliphatic heterocycles. The Kier molecular flexibility index (Phi) is 4.21. The number of hydrogen-bond acceptors (Lipinski definition) is 4. The fourth-order valence-corrected chi connectivity index (χ4v) is 5.01. The molecule has 0 aromatic heterocycles. The van der Waals surface area contributed by atoms with Crippen molar-refractivity contribution in [2.75, 3.05) is 6.61 Å². The molecule has 1 unspecified atom stereocenters. The van der Waals surface area contributed by atoms with Gasteiger partial charge >= 0.3 is 5.97 Å². The number of aliphatic hydroxyl groups excluding tert-OH is 1. The molecule has 1 amide bonds. The van der Waals surface area contributed by atoms with E-state index in [9.17, 15) is 19.1 Å². The van der Waals surface area contributed by atoms with Crippen molar-refractivity contribution in [3.8, 4) is 0 Å². The Bertz CT molecular complexity index is 773. The molecule has 138 valence electrons. The van der Waals surface area contributed by atoms with Gasteiger partial charge in [0.2, 0.25) is 0 Å². The highest BCUT2D eigenvalue weighted by Gasteiger charge is 2.57. The second kappa shape index (κ2) is 6.41. The van der Waals surface area contributed by atoms with Gasteiger partial charge in [-0.1, -0.05) is 12.1 Å². The normalized spacial score (nSPS) is 29.9. The van der Waals surface area contributed by atoms with Gasteiger partial charge in [-0.05, 0) is 55.7 Å². The van der Waals surface area contributed by atoms with Gasteiger partial charge in [-0.2, -0.15) is 0 Å². The highest BCUT2D eigenvalue weighted by atomic mass is 19.1. The summed E-state index contributed by atoms with van der Waals surface area (Å²) in [6.07, 6.45) is 2.99. The van der Waals surface area contributed by atoms with Crippen LogP contribution in [0.25, 0.3) is 0 Å². The number of aliphatic hydroxyl groups is 1. The summed E-state index contributed by atoms with van der Waals surface area (Å²) in [5.41, 5.74) is 0.564. The molecule has 6 heteroatoms. The number of benzene rings is 1. The predicted octanol–water partition coefficient (Wildman–Crippen LogP) is 2.96. The minimum atomic E-state index is -0.764. The molecule has 0 saturated heterocycles. The van der Waals surface area contributed by atoms with Gasteiger partial charge in [0.15, 0.2) is 5.57 Å². The number of esters is 1. The Balaban J connectivity index is 1.72. The van der Waals surface area contributed by atoms with E-state index in [1.54, 1.807) is 24.0 Å². The number of rotatable bonds is 4. The number of amides is 1. The molecule has 2 saturated carbocycles. The smallest absolute Gasteiger partial charge is 0.347 e. The molecule has 5 nitrogen and oxygen atoms in total. The van der Waals surface area contributed by atoms with E-state index >= 15 is 0 Å². The summed E-state index contributed by atoms with van der Waals surface area (Å²) in [5.74, 6) is -1.26. The number of carbonyl (C=O) groups is 2. The fourth-order valence-electron chi connectivity index (χ4n) is 5.01. The number of halogens is 1. The Morgan fingerprint density at radius 2 is 1.96 bits per heavy atom. The zero-order chi connectivity index (χ0) is 18.4. The summed E-state index contributed by atoms with van der Waals surface area (Å²) in [7, 11) is 0. The minimum absolute atomic E-state index is 0.0963. The average Bonchev–Trinajstić information content (AvgIpc) is 3.22. The maximum absolute atomic E-state index is 13.2. The van der Waals surface area contributed by atoms with E-state index in [1.807, 2.05) is 0 Å². The standard InChI is InChI=1S/C20H22FNO4/c1-2-26-20(25)16-18(23)15-12-5-6-13(9-12)17(15)22(19(16)24)10-11-3-7-14(21)8-4-11/h3-4,7-8,12-13,15,17,23H,2,5-6,9-10H2,1H3/t12-,13+,15?,17-/m0/s1. The van der Waals surface area contributed by atoms with Crippen LogP contribution in [-0.2, 0) is 20.9 Å². The van der Waals surface area contributed by atoms with Crippen molar-refractivity contribution < 1.29 is 23.8 Å². The summed E-state index contributed by atoms with van der Waals surface area (Å²) in [6, 6.07) is 5.91. The summed E-state index contributed by atoms with van der Waals surface area (Å²) in [6.45, 7) is 2.10. The van der Waals surface area contributed by atoms with Crippen LogP contribution >= 0.6 is 0 Å². The lowest BCUT2D eigenvalue weighted by molar-refractivity contribution is -0.146. The number of nitrogens with zero attached hydrogens (tertiary/aromatic N) is 1. The van der Waals surface area contributed by atoms with Gasteiger partial charge in [0.25, 0.3) is 5.91 Å². The van der Waals surface area contributed by atoms with Gasteiger partial charge < -0.3 is 14.7 Å². The van der Waals surface area contributed by atoms with E-state index in [1.165, 1.54) is 12.1 Å². The van der Waals surface area contributed by atoms with Crippen LogP contribution in [0.2, 0.25) is 0 Å². The summed E-state index contributed by atoms with van der Waals surface area (Å²) in [5, 5.41) is 10.7. The molecule has 2 bridgehead atoms. The quantitative estimate of drug-likeness (QED) is 0.663. The molecule has 2 fully saturated rings. The first-order valence-electron chi connectivity index (χ1n) is 9.17. The molecular formula is C20H22FNO4. The van der Waals surface area contributed by atoms with Crippen molar-refractivity contribution >= 4 is 11.9 Å². The van der Waals surface area contributed by atoms with Crippen molar-refractivity contribution in [3.05, 3.63) is 47.0 Å².